The van der Waals surface area contributed by atoms with Gasteiger partial charge in [-0.05, 0) is 43.0 Å². The van der Waals surface area contributed by atoms with Crippen molar-refractivity contribution < 1.29 is 18.7 Å². The molecule has 116 valence electrons. The monoisotopic (exact) mass is 313 g/mol. The number of ether oxygens (including phenoxy) is 1. The topological polar surface area (TPSA) is 59.8 Å². The van der Waals surface area contributed by atoms with Crippen molar-refractivity contribution in [1.82, 2.24) is 4.90 Å². The number of carbonyl (C=O) groups is 2. The summed E-state index contributed by atoms with van der Waals surface area (Å²) in [6.45, 7) is 5.83. The number of carbonyl (C=O) groups excluding carboxylic acids is 2. The number of hydrogen-bond acceptors (Lipinski definition) is 4. The van der Waals surface area contributed by atoms with Crippen molar-refractivity contribution >= 4 is 22.9 Å². The summed E-state index contributed by atoms with van der Waals surface area (Å²) in [5, 5.41) is -0.707. The molecule has 1 unspecified atom stereocenters. The van der Waals surface area contributed by atoms with Gasteiger partial charge in [0.25, 0.3) is 0 Å². The smallest absolute Gasteiger partial charge is 0.328 e. The highest BCUT2D eigenvalue weighted by atomic mass is 35.5. The minimum Gasteiger partial charge on any atom is -0.467 e. The van der Waals surface area contributed by atoms with E-state index in [1.54, 1.807) is 25.1 Å². The number of esters is 1. The Bertz CT molecular complexity index is 458. The molecular weight excluding hydrogens is 294 g/mol. The van der Waals surface area contributed by atoms with Crippen molar-refractivity contribution in [3.8, 4) is 0 Å². The zero-order valence-electron chi connectivity index (χ0n) is 12.1. The molecule has 1 aromatic rings. The minimum absolute atomic E-state index is 0.135. The molecule has 0 aromatic carbocycles. The van der Waals surface area contributed by atoms with Crippen molar-refractivity contribution in [1.29, 1.82) is 0 Å². The van der Waals surface area contributed by atoms with Crippen LogP contribution in [0.25, 0.3) is 0 Å². The van der Waals surface area contributed by atoms with E-state index in [-0.39, 0.29) is 6.54 Å². The molecule has 0 aliphatic heterocycles. The lowest BCUT2D eigenvalue weighted by Gasteiger charge is -2.26. The molecular formula is C15H20ClNO4. The number of halogens is 1. The van der Waals surface area contributed by atoms with Gasteiger partial charge < -0.3 is 14.1 Å². The fraction of sp³-hybridized carbons (Fsp3) is 0.467. The van der Waals surface area contributed by atoms with Gasteiger partial charge in [0.15, 0.2) is 0 Å². The predicted octanol–water partition coefficient (Wildman–Crippen LogP) is 3.73. The number of nitrogens with zero attached hydrogens (tertiary/aromatic N) is 1. The third-order valence-electron chi connectivity index (χ3n) is 2.96. The predicted molar refractivity (Wildman–Crippen MR) is 80.0 cm³/mol. The maximum atomic E-state index is 12.1. The van der Waals surface area contributed by atoms with Crippen LogP contribution in [0.1, 0.15) is 31.9 Å². The Morgan fingerprint density at radius 3 is 2.86 bits per heavy atom. The van der Waals surface area contributed by atoms with Crippen LogP contribution in [0.5, 0.6) is 0 Å². The molecule has 0 saturated carbocycles. The SMILES string of the molecule is C=CCCCOC(=O)C(CC)N(Cc1ccco1)C(=O)Cl. The van der Waals surface area contributed by atoms with Crippen LogP contribution < -0.4 is 0 Å². The summed E-state index contributed by atoms with van der Waals surface area (Å²) in [4.78, 5) is 24.9. The summed E-state index contributed by atoms with van der Waals surface area (Å²) in [5.74, 6) is 0.101. The lowest BCUT2D eigenvalue weighted by Crippen LogP contribution is -2.42. The minimum atomic E-state index is -0.719. The first-order valence-electron chi connectivity index (χ1n) is 6.86. The van der Waals surface area contributed by atoms with E-state index in [2.05, 4.69) is 6.58 Å². The Morgan fingerprint density at radius 1 is 1.57 bits per heavy atom. The van der Waals surface area contributed by atoms with Crippen LogP contribution in [0.3, 0.4) is 0 Å². The molecule has 21 heavy (non-hydrogen) atoms. The van der Waals surface area contributed by atoms with Gasteiger partial charge in [0.1, 0.15) is 11.8 Å². The third kappa shape index (κ3) is 5.63. The fourth-order valence-corrected chi connectivity index (χ4v) is 2.05. The molecule has 0 bridgehead atoms. The number of amides is 1. The van der Waals surface area contributed by atoms with E-state index in [4.69, 9.17) is 20.8 Å². The summed E-state index contributed by atoms with van der Waals surface area (Å²) in [6.07, 6.45) is 5.16. The summed E-state index contributed by atoms with van der Waals surface area (Å²) < 4.78 is 10.4. The standard InChI is InChI=1S/C15H20ClNO4/c1-3-5-6-9-21-14(18)13(4-2)17(15(16)19)11-12-8-7-10-20-12/h3,7-8,10,13H,1,4-6,9,11H2,2H3. The first-order chi connectivity index (χ1) is 10.1. The molecule has 1 rings (SSSR count). The maximum absolute atomic E-state index is 12.1. The Kier molecular flexibility index (Phi) is 7.61. The Morgan fingerprint density at radius 2 is 2.33 bits per heavy atom. The summed E-state index contributed by atoms with van der Waals surface area (Å²) in [5.41, 5.74) is 0. The van der Waals surface area contributed by atoms with Crippen molar-refractivity contribution in [2.45, 2.75) is 38.8 Å². The van der Waals surface area contributed by atoms with Gasteiger partial charge in [-0.25, -0.2) is 4.79 Å². The van der Waals surface area contributed by atoms with Gasteiger partial charge in [0.2, 0.25) is 0 Å². The first-order valence-corrected chi connectivity index (χ1v) is 7.24. The first kappa shape index (κ1) is 17.3. The molecule has 0 spiro atoms. The highest BCUT2D eigenvalue weighted by Crippen LogP contribution is 2.15. The zero-order chi connectivity index (χ0) is 15.7. The van der Waals surface area contributed by atoms with Gasteiger partial charge in [0, 0.05) is 0 Å². The van der Waals surface area contributed by atoms with Crippen LogP contribution in [0.2, 0.25) is 0 Å². The van der Waals surface area contributed by atoms with Crippen LogP contribution in [0, 0.1) is 0 Å². The largest absolute Gasteiger partial charge is 0.467 e. The normalized spacial score (nSPS) is 11.7. The summed E-state index contributed by atoms with van der Waals surface area (Å²) in [6, 6.07) is 2.71. The van der Waals surface area contributed by atoms with Crippen molar-refractivity contribution in [3.05, 3.63) is 36.8 Å². The average molecular weight is 314 g/mol. The van der Waals surface area contributed by atoms with Gasteiger partial charge in [0.05, 0.1) is 19.4 Å². The van der Waals surface area contributed by atoms with Crippen LogP contribution in [-0.4, -0.2) is 28.9 Å². The second-order valence-electron chi connectivity index (χ2n) is 4.48. The molecule has 0 aliphatic rings. The lowest BCUT2D eigenvalue weighted by atomic mass is 10.2. The Labute approximate surface area is 129 Å². The summed E-state index contributed by atoms with van der Waals surface area (Å²) >= 11 is 5.59. The average Bonchev–Trinajstić information content (AvgIpc) is 2.96. The molecule has 6 heteroatoms. The molecule has 1 amide bonds. The van der Waals surface area contributed by atoms with Crippen molar-refractivity contribution in [2.75, 3.05) is 6.61 Å². The maximum Gasteiger partial charge on any atom is 0.328 e. The zero-order valence-corrected chi connectivity index (χ0v) is 12.8. The number of hydrogen-bond donors (Lipinski definition) is 0. The number of furan rings is 1. The van der Waals surface area contributed by atoms with Gasteiger partial charge in [-0.1, -0.05) is 13.0 Å². The lowest BCUT2D eigenvalue weighted by molar-refractivity contribution is -0.149. The van der Waals surface area contributed by atoms with Crippen LogP contribution in [0.15, 0.2) is 35.5 Å². The fourth-order valence-electron chi connectivity index (χ4n) is 1.88. The second-order valence-corrected chi connectivity index (χ2v) is 4.81. The van der Waals surface area contributed by atoms with Gasteiger partial charge in [-0.15, -0.1) is 6.58 Å². The van der Waals surface area contributed by atoms with E-state index in [1.807, 2.05) is 0 Å². The van der Waals surface area contributed by atoms with E-state index < -0.39 is 17.4 Å². The van der Waals surface area contributed by atoms with Gasteiger partial charge in [-0.3, -0.25) is 4.79 Å². The molecule has 0 aliphatic carbocycles. The molecule has 1 heterocycles. The van der Waals surface area contributed by atoms with Gasteiger partial charge >= 0.3 is 11.3 Å². The Hall–Kier alpha value is -1.75. The number of rotatable bonds is 9. The molecule has 0 radical (unpaired) electrons. The van der Waals surface area contributed by atoms with Crippen LogP contribution in [0.4, 0.5) is 4.79 Å². The van der Waals surface area contributed by atoms with E-state index >= 15 is 0 Å². The van der Waals surface area contributed by atoms with E-state index in [0.29, 0.717) is 25.2 Å². The molecule has 0 fully saturated rings. The molecule has 1 aromatic heterocycles. The molecule has 0 saturated heterocycles. The molecule has 5 nitrogen and oxygen atoms in total. The van der Waals surface area contributed by atoms with E-state index in [0.717, 1.165) is 6.42 Å². The molecule has 1 atom stereocenters. The Balaban J connectivity index is 2.65. The number of allylic oxidation sites excluding steroid dienone is 1. The van der Waals surface area contributed by atoms with E-state index in [1.165, 1.54) is 11.2 Å². The highest BCUT2D eigenvalue weighted by Gasteiger charge is 2.29. The third-order valence-corrected chi connectivity index (χ3v) is 3.18. The summed E-state index contributed by atoms with van der Waals surface area (Å²) in [7, 11) is 0. The highest BCUT2D eigenvalue weighted by molar-refractivity contribution is 6.62. The van der Waals surface area contributed by atoms with Gasteiger partial charge in [-0.2, -0.15) is 0 Å². The molecule has 0 N–H and O–H groups in total. The van der Waals surface area contributed by atoms with Crippen molar-refractivity contribution in [3.63, 3.8) is 0 Å². The number of unbranched alkanes of at least 4 members (excludes halogenated alkanes) is 1. The second kappa shape index (κ2) is 9.23. The van der Waals surface area contributed by atoms with Crippen LogP contribution >= 0.6 is 11.6 Å². The van der Waals surface area contributed by atoms with E-state index in [9.17, 15) is 9.59 Å². The van der Waals surface area contributed by atoms with Crippen molar-refractivity contribution in [2.24, 2.45) is 0 Å². The van der Waals surface area contributed by atoms with Crippen LogP contribution in [-0.2, 0) is 16.1 Å². The quantitative estimate of drug-likeness (QED) is 0.229.